The van der Waals surface area contributed by atoms with E-state index in [0.29, 0.717) is 0 Å². The van der Waals surface area contributed by atoms with Gasteiger partial charge in [-0.05, 0) is 18.2 Å². The molecule has 0 heterocycles. The number of carbonyl (C=O) groups excluding carboxylic acids is 1. The quantitative estimate of drug-likeness (QED) is 0.779. The molecular formula is C12H11F3N2O. The van der Waals surface area contributed by atoms with E-state index in [0.717, 1.165) is 12.1 Å². The van der Waals surface area contributed by atoms with Crippen molar-refractivity contribution in [3.63, 3.8) is 0 Å². The van der Waals surface area contributed by atoms with Crippen molar-refractivity contribution in [2.24, 2.45) is 5.73 Å². The largest absolute Gasteiger partial charge is 0.416 e. The van der Waals surface area contributed by atoms with Crippen LogP contribution in [0.2, 0.25) is 0 Å². The van der Waals surface area contributed by atoms with E-state index in [1.807, 2.05) is 0 Å². The first-order valence-corrected chi connectivity index (χ1v) is 5.06. The summed E-state index contributed by atoms with van der Waals surface area (Å²) in [5, 5.41) is 2.39. The molecule has 0 aliphatic rings. The van der Waals surface area contributed by atoms with Gasteiger partial charge in [-0.2, -0.15) is 13.2 Å². The van der Waals surface area contributed by atoms with E-state index < -0.39 is 11.7 Å². The smallest absolute Gasteiger partial charge is 0.344 e. The van der Waals surface area contributed by atoms with E-state index in [-0.39, 0.29) is 24.6 Å². The van der Waals surface area contributed by atoms with Crippen LogP contribution in [0.5, 0.6) is 0 Å². The van der Waals surface area contributed by atoms with Gasteiger partial charge in [0.2, 0.25) is 5.91 Å². The SMILES string of the molecule is NCC(=O)NCC#Cc1cccc(C(F)(F)F)c1. The van der Waals surface area contributed by atoms with Crippen LogP contribution in [0.25, 0.3) is 0 Å². The number of benzene rings is 1. The standard InChI is InChI=1S/C12H11F3N2O/c13-12(14,15)10-5-1-3-9(7-10)4-2-6-17-11(18)8-16/h1,3,5,7H,6,8,16H2,(H,17,18). The molecule has 96 valence electrons. The van der Waals surface area contributed by atoms with Crippen molar-refractivity contribution < 1.29 is 18.0 Å². The summed E-state index contributed by atoms with van der Waals surface area (Å²) in [4.78, 5) is 10.8. The number of alkyl halides is 3. The lowest BCUT2D eigenvalue weighted by atomic mass is 10.1. The lowest BCUT2D eigenvalue weighted by Crippen LogP contribution is -2.30. The molecule has 0 aliphatic carbocycles. The molecule has 0 bridgehead atoms. The molecule has 0 atom stereocenters. The van der Waals surface area contributed by atoms with Crippen LogP contribution in [0.3, 0.4) is 0 Å². The molecule has 0 aliphatic heterocycles. The minimum atomic E-state index is -4.38. The highest BCUT2D eigenvalue weighted by Crippen LogP contribution is 2.29. The van der Waals surface area contributed by atoms with Crippen molar-refractivity contribution in [2.75, 3.05) is 13.1 Å². The zero-order valence-corrected chi connectivity index (χ0v) is 9.34. The van der Waals surface area contributed by atoms with E-state index in [1.54, 1.807) is 0 Å². The molecular weight excluding hydrogens is 245 g/mol. The minimum absolute atomic E-state index is 0.0479. The lowest BCUT2D eigenvalue weighted by Gasteiger charge is -2.05. The van der Waals surface area contributed by atoms with Crippen molar-refractivity contribution in [3.8, 4) is 11.8 Å². The first kappa shape index (κ1) is 14.1. The summed E-state index contributed by atoms with van der Waals surface area (Å²) in [5.74, 6) is 4.70. The van der Waals surface area contributed by atoms with E-state index in [9.17, 15) is 18.0 Å². The molecule has 0 unspecified atom stereocenters. The van der Waals surface area contributed by atoms with Gasteiger partial charge in [0.05, 0.1) is 18.7 Å². The van der Waals surface area contributed by atoms with Crippen LogP contribution in [0.4, 0.5) is 13.2 Å². The Morgan fingerprint density at radius 3 is 2.72 bits per heavy atom. The molecule has 0 fully saturated rings. The molecule has 3 nitrogen and oxygen atoms in total. The van der Waals surface area contributed by atoms with Gasteiger partial charge >= 0.3 is 6.18 Å². The fourth-order valence-corrected chi connectivity index (χ4v) is 1.13. The third-order valence-electron chi connectivity index (χ3n) is 1.98. The van der Waals surface area contributed by atoms with Gasteiger partial charge in [0.25, 0.3) is 0 Å². The van der Waals surface area contributed by atoms with Gasteiger partial charge in [-0.25, -0.2) is 0 Å². The van der Waals surface area contributed by atoms with Crippen LogP contribution >= 0.6 is 0 Å². The first-order valence-electron chi connectivity index (χ1n) is 5.06. The number of amides is 1. The molecule has 0 saturated carbocycles. The van der Waals surface area contributed by atoms with Crippen molar-refractivity contribution in [3.05, 3.63) is 35.4 Å². The summed E-state index contributed by atoms with van der Waals surface area (Å²) in [6.45, 7) is -0.0997. The third kappa shape index (κ3) is 4.47. The number of halogens is 3. The zero-order valence-electron chi connectivity index (χ0n) is 9.34. The fraction of sp³-hybridized carbons (Fsp3) is 0.250. The van der Waals surface area contributed by atoms with E-state index >= 15 is 0 Å². The van der Waals surface area contributed by atoms with Crippen LogP contribution in [0, 0.1) is 11.8 Å². The molecule has 3 N–H and O–H groups in total. The second-order valence-electron chi connectivity index (χ2n) is 3.36. The van der Waals surface area contributed by atoms with Crippen LogP contribution in [0.1, 0.15) is 11.1 Å². The molecule has 18 heavy (non-hydrogen) atoms. The number of nitrogens with two attached hydrogens (primary N) is 1. The predicted molar refractivity (Wildman–Crippen MR) is 60.4 cm³/mol. The Hall–Kier alpha value is -2.00. The highest BCUT2D eigenvalue weighted by Gasteiger charge is 2.30. The Labute approximate surface area is 102 Å². The summed E-state index contributed by atoms with van der Waals surface area (Å²) in [7, 11) is 0. The van der Waals surface area contributed by atoms with Crippen LogP contribution in [-0.2, 0) is 11.0 Å². The van der Waals surface area contributed by atoms with Crippen molar-refractivity contribution in [1.29, 1.82) is 0 Å². The molecule has 1 aromatic rings. The van der Waals surface area contributed by atoms with Crippen molar-refractivity contribution in [1.82, 2.24) is 5.32 Å². The molecule has 0 saturated heterocycles. The Morgan fingerprint density at radius 1 is 1.39 bits per heavy atom. The van der Waals surface area contributed by atoms with Gasteiger partial charge < -0.3 is 11.1 Å². The topological polar surface area (TPSA) is 55.1 Å². The van der Waals surface area contributed by atoms with Crippen molar-refractivity contribution >= 4 is 5.91 Å². The number of nitrogens with one attached hydrogen (secondary N) is 1. The number of hydrogen-bond acceptors (Lipinski definition) is 2. The summed E-state index contributed by atoms with van der Waals surface area (Å²) in [6, 6.07) is 4.68. The zero-order chi connectivity index (χ0) is 13.6. The van der Waals surface area contributed by atoms with Crippen molar-refractivity contribution in [2.45, 2.75) is 6.18 Å². The highest BCUT2D eigenvalue weighted by molar-refractivity contribution is 5.77. The molecule has 0 spiro atoms. The Kier molecular flexibility index (Phi) is 4.75. The average molecular weight is 256 g/mol. The number of hydrogen-bond donors (Lipinski definition) is 2. The van der Waals surface area contributed by atoms with Gasteiger partial charge in [0.1, 0.15) is 0 Å². The van der Waals surface area contributed by atoms with Crippen LogP contribution < -0.4 is 11.1 Å². The summed E-state index contributed by atoms with van der Waals surface area (Å²) >= 11 is 0. The van der Waals surface area contributed by atoms with Crippen LogP contribution in [-0.4, -0.2) is 19.0 Å². The highest BCUT2D eigenvalue weighted by atomic mass is 19.4. The Morgan fingerprint density at radius 2 is 2.11 bits per heavy atom. The number of rotatable bonds is 2. The predicted octanol–water partition coefficient (Wildman–Crippen LogP) is 1.13. The Balaban J connectivity index is 2.69. The Bertz CT molecular complexity index is 486. The fourth-order valence-electron chi connectivity index (χ4n) is 1.13. The van der Waals surface area contributed by atoms with E-state index in [1.165, 1.54) is 12.1 Å². The monoisotopic (exact) mass is 256 g/mol. The maximum atomic E-state index is 12.4. The second-order valence-corrected chi connectivity index (χ2v) is 3.36. The van der Waals surface area contributed by atoms with E-state index in [2.05, 4.69) is 17.2 Å². The molecule has 0 aromatic heterocycles. The van der Waals surface area contributed by atoms with Crippen LogP contribution in [0.15, 0.2) is 24.3 Å². The average Bonchev–Trinajstić information content (AvgIpc) is 2.33. The molecule has 1 rings (SSSR count). The lowest BCUT2D eigenvalue weighted by molar-refractivity contribution is -0.137. The van der Waals surface area contributed by atoms with Gasteiger partial charge in [0, 0.05) is 5.56 Å². The third-order valence-corrected chi connectivity index (χ3v) is 1.98. The summed E-state index contributed by atoms with van der Waals surface area (Å²) < 4.78 is 37.2. The normalized spacial score (nSPS) is 10.4. The molecule has 1 amide bonds. The van der Waals surface area contributed by atoms with Gasteiger partial charge in [-0.1, -0.05) is 17.9 Å². The van der Waals surface area contributed by atoms with Gasteiger partial charge in [0.15, 0.2) is 0 Å². The first-order chi connectivity index (χ1) is 8.43. The molecule has 1 aromatic carbocycles. The molecule has 6 heteroatoms. The minimum Gasteiger partial charge on any atom is -0.344 e. The maximum Gasteiger partial charge on any atom is 0.416 e. The number of carbonyl (C=O) groups is 1. The maximum absolute atomic E-state index is 12.4. The molecule has 0 radical (unpaired) electrons. The summed E-state index contributed by atoms with van der Waals surface area (Å²) in [6.07, 6.45) is -4.38. The summed E-state index contributed by atoms with van der Waals surface area (Å²) in [5.41, 5.74) is 4.54. The second kappa shape index (κ2) is 6.07. The van der Waals surface area contributed by atoms with Gasteiger partial charge in [-0.15, -0.1) is 0 Å². The van der Waals surface area contributed by atoms with E-state index in [4.69, 9.17) is 5.73 Å². The van der Waals surface area contributed by atoms with Gasteiger partial charge in [-0.3, -0.25) is 4.79 Å².